The lowest BCUT2D eigenvalue weighted by Gasteiger charge is -2.33. The number of hydrogen-bond acceptors (Lipinski definition) is 7. The van der Waals surface area contributed by atoms with Crippen LogP contribution in [-0.4, -0.2) is 44.1 Å². The number of benzene rings is 1. The van der Waals surface area contributed by atoms with Crippen molar-refractivity contribution in [3.8, 4) is 5.82 Å². The van der Waals surface area contributed by atoms with Crippen molar-refractivity contribution in [2.75, 3.05) is 25.1 Å². The van der Waals surface area contributed by atoms with Gasteiger partial charge in [0, 0.05) is 24.5 Å². The molecule has 36 heavy (non-hydrogen) atoms. The summed E-state index contributed by atoms with van der Waals surface area (Å²) in [5.74, 6) is -0.295. The molecule has 186 valence electrons. The van der Waals surface area contributed by atoms with E-state index in [1.165, 1.54) is 32.8 Å². The fraction of sp³-hybridized carbons (Fsp3) is 0.360. The number of pyridine rings is 1. The zero-order valence-corrected chi connectivity index (χ0v) is 19.9. The SMILES string of the molecule is CC(C)n1c(=O)c2cnc(Nc3ccc4c(c3)CNCC4)nc2n1-c1ccc(F)c(C2(F)COC2)n1. The van der Waals surface area contributed by atoms with Crippen LogP contribution in [0.3, 0.4) is 0 Å². The van der Waals surface area contributed by atoms with Crippen molar-refractivity contribution >= 4 is 22.7 Å². The molecule has 5 heterocycles. The smallest absolute Gasteiger partial charge is 0.278 e. The van der Waals surface area contributed by atoms with Gasteiger partial charge in [-0.1, -0.05) is 6.07 Å². The predicted octanol–water partition coefficient (Wildman–Crippen LogP) is 3.28. The van der Waals surface area contributed by atoms with E-state index in [4.69, 9.17) is 4.74 Å². The Kier molecular flexibility index (Phi) is 5.34. The van der Waals surface area contributed by atoms with Gasteiger partial charge in [-0.2, -0.15) is 4.98 Å². The maximum absolute atomic E-state index is 15.1. The van der Waals surface area contributed by atoms with Crippen molar-refractivity contribution in [3.05, 3.63) is 69.5 Å². The summed E-state index contributed by atoms with van der Waals surface area (Å²) in [4.78, 5) is 26.5. The number of halogens is 2. The highest BCUT2D eigenvalue weighted by Crippen LogP contribution is 2.35. The van der Waals surface area contributed by atoms with E-state index < -0.39 is 11.5 Å². The van der Waals surface area contributed by atoms with Gasteiger partial charge < -0.3 is 15.4 Å². The van der Waals surface area contributed by atoms with Crippen LogP contribution >= 0.6 is 0 Å². The first kappa shape index (κ1) is 22.7. The molecule has 1 fully saturated rings. The molecule has 0 aliphatic carbocycles. The molecule has 0 atom stereocenters. The number of ether oxygens (including phenoxy) is 1. The monoisotopic (exact) mass is 493 g/mol. The fourth-order valence-electron chi connectivity index (χ4n) is 4.72. The van der Waals surface area contributed by atoms with Crippen molar-refractivity contribution < 1.29 is 13.5 Å². The highest BCUT2D eigenvalue weighted by Gasteiger charge is 2.44. The molecule has 0 amide bonds. The second-order valence-corrected chi connectivity index (χ2v) is 9.48. The lowest BCUT2D eigenvalue weighted by atomic mass is 9.99. The lowest BCUT2D eigenvalue weighted by Crippen LogP contribution is -2.44. The number of fused-ring (bicyclic) bond motifs is 2. The van der Waals surface area contributed by atoms with Gasteiger partial charge in [0.2, 0.25) is 11.6 Å². The normalized spacial score (nSPS) is 16.7. The minimum Gasteiger partial charge on any atom is -0.374 e. The molecule has 3 aromatic heterocycles. The fourth-order valence-corrected chi connectivity index (χ4v) is 4.72. The van der Waals surface area contributed by atoms with E-state index in [1.54, 1.807) is 0 Å². The summed E-state index contributed by atoms with van der Waals surface area (Å²) in [6.45, 7) is 4.89. The van der Waals surface area contributed by atoms with E-state index >= 15 is 4.39 Å². The molecule has 0 saturated carbocycles. The molecule has 1 aromatic carbocycles. The quantitative estimate of drug-likeness (QED) is 0.440. The standard InChI is InChI=1S/C25H25F2N7O2/c1-14(2)33-23(35)18-11-29-24(30-17-4-3-15-7-8-28-10-16(15)9-17)32-22(18)34(33)20-6-5-19(26)21(31-20)25(27)12-36-13-25/h3-6,9,11,14,28H,7-8,10,12-13H2,1-2H3,(H,29,30,32). The summed E-state index contributed by atoms with van der Waals surface area (Å²) in [5.41, 5.74) is 0.952. The van der Waals surface area contributed by atoms with Crippen LogP contribution in [-0.2, 0) is 23.4 Å². The molecule has 9 nitrogen and oxygen atoms in total. The minimum absolute atomic E-state index is 0.181. The third-order valence-corrected chi connectivity index (χ3v) is 6.60. The average molecular weight is 494 g/mol. The van der Waals surface area contributed by atoms with Gasteiger partial charge >= 0.3 is 0 Å². The number of nitrogens with zero attached hydrogens (tertiary/aromatic N) is 5. The Morgan fingerprint density at radius 2 is 2.00 bits per heavy atom. The van der Waals surface area contributed by atoms with Crippen molar-refractivity contribution in [1.29, 1.82) is 0 Å². The van der Waals surface area contributed by atoms with Gasteiger partial charge in [-0.15, -0.1) is 0 Å². The zero-order valence-electron chi connectivity index (χ0n) is 19.9. The predicted molar refractivity (Wildman–Crippen MR) is 130 cm³/mol. The largest absolute Gasteiger partial charge is 0.374 e. The van der Waals surface area contributed by atoms with Gasteiger partial charge in [0.1, 0.15) is 16.9 Å². The van der Waals surface area contributed by atoms with Gasteiger partial charge in [-0.05, 0) is 62.2 Å². The number of hydrogen-bond donors (Lipinski definition) is 2. The third-order valence-electron chi connectivity index (χ3n) is 6.60. The van der Waals surface area contributed by atoms with Crippen LogP contribution in [0.15, 0.2) is 41.3 Å². The number of rotatable bonds is 5. The summed E-state index contributed by atoms with van der Waals surface area (Å²) >= 11 is 0. The number of anilines is 2. The molecule has 0 radical (unpaired) electrons. The van der Waals surface area contributed by atoms with Crippen molar-refractivity contribution in [2.24, 2.45) is 0 Å². The van der Waals surface area contributed by atoms with Gasteiger partial charge in [0.15, 0.2) is 11.5 Å². The summed E-state index contributed by atoms with van der Waals surface area (Å²) < 4.78 is 37.5. The molecule has 6 rings (SSSR count). The van der Waals surface area contributed by atoms with E-state index in [0.717, 1.165) is 31.3 Å². The van der Waals surface area contributed by atoms with Crippen LogP contribution in [0.1, 0.15) is 36.7 Å². The van der Waals surface area contributed by atoms with Gasteiger partial charge in [-0.3, -0.25) is 4.79 Å². The van der Waals surface area contributed by atoms with Crippen LogP contribution in [0.4, 0.5) is 20.4 Å². The van der Waals surface area contributed by atoms with Crippen molar-refractivity contribution in [3.63, 3.8) is 0 Å². The van der Waals surface area contributed by atoms with E-state index in [2.05, 4.69) is 37.7 Å². The molecule has 2 aliphatic heterocycles. The van der Waals surface area contributed by atoms with E-state index in [9.17, 15) is 9.18 Å². The van der Waals surface area contributed by atoms with Gasteiger partial charge in [0.05, 0.1) is 13.2 Å². The molecular weight excluding hydrogens is 468 g/mol. The first-order valence-corrected chi connectivity index (χ1v) is 11.9. The second kappa shape index (κ2) is 8.45. The summed E-state index contributed by atoms with van der Waals surface area (Å²) in [6, 6.07) is 8.39. The Hall–Kier alpha value is -3.70. The third kappa shape index (κ3) is 3.66. The lowest BCUT2D eigenvalue weighted by molar-refractivity contribution is -0.139. The highest BCUT2D eigenvalue weighted by molar-refractivity contribution is 5.77. The van der Waals surface area contributed by atoms with Gasteiger partial charge in [-0.25, -0.2) is 28.1 Å². The summed E-state index contributed by atoms with van der Waals surface area (Å²) in [6.07, 6.45) is 2.44. The van der Waals surface area contributed by atoms with Crippen LogP contribution in [0.2, 0.25) is 0 Å². The minimum atomic E-state index is -2.00. The van der Waals surface area contributed by atoms with Crippen LogP contribution in [0.5, 0.6) is 0 Å². The van der Waals surface area contributed by atoms with E-state index in [1.807, 2.05) is 19.9 Å². The molecule has 2 N–H and O–H groups in total. The first-order chi connectivity index (χ1) is 17.3. The van der Waals surface area contributed by atoms with Crippen LogP contribution < -0.4 is 16.2 Å². The zero-order chi connectivity index (χ0) is 25.0. The Labute approximate surface area is 205 Å². The molecule has 0 unspecified atom stereocenters. The molecule has 0 spiro atoms. The molecule has 11 heteroatoms. The molecule has 1 saturated heterocycles. The van der Waals surface area contributed by atoms with Crippen molar-refractivity contribution in [1.82, 2.24) is 29.6 Å². The molecule has 4 aromatic rings. The van der Waals surface area contributed by atoms with Crippen LogP contribution in [0.25, 0.3) is 16.9 Å². The Morgan fingerprint density at radius 1 is 1.17 bits per heavy atom. The second-order valence-electron chi connectivity index (χ2n) is 9.48. The summed E-state index contributed by atoms with van der Waals surface area (Å²) in [7, 11) is 0. The Bertz CT molecular complexity index is 1540. The molecule has 0 bridgehead atoms. The first-order valence-electron chi connectivity index (χ1n) is 11.9. The average Bonchev–Trinajstić information content (AvgIpc) is 3.14. The van der Waals surface area contributed by atoms with E-state index in [0.29, 0.717) is 0 Å². The van der Waals surface area contributed by atoms with Crippen molar-refractivity contribution in [2.45, 2.75) is 38.5 Å². The molecular formula is C25H25F2N7O2. The Balaban J connectivity index is 1.47. The molecule has 2 aliphatic rings. The van der Waals surface area contributed by atoms with E-state index in [-0.39, 0.29) is 53.3 Å². The maximum Gasteiger partial charge on any atom is 0.278 e. The maximum atomic E-state index is 15.1. The number of aromatic nitrogens is 5. The Morgan fingerprint density at radius 3 is 2.75 bits per heavy atom. The topological polar surface area (TPSA) is 98.9 Å². The number of alkyl halides is 1. The summed E-state index contributed by atoms with van der Waals surface area (Å²) in [5, 5.41) is 6.85. The highest BCUT2D eigenvalue weighted by atomic mass is 19.1. The van der Waals surface area contributed by atoms with Gasteiger partial charge in [0.25, 0.3) is 5.56 Å². The van der Waals surface area contributed by atoms with Crippen LogP contribution in [0, 0.1) is 5.82 Å². The number of nitrogens with one attached hydrogen (secondary N) is 2.